The molecule has 2 unspecified atom stereocenters. The van der Waals surface area contributed by atoms with Crippen molar-refractivity contribution in [2.24, 2.45) is 5.92 Å². The third kappa shape index (κ3) is 2.11. The van der Waals surface area contributed by atoms with E-state index >= 15 is 0 Å². The molecule has 0 amide bonds. The van der Waals surface area contributed by atoms with Crippen molar-refractivity contribution < 1.29 is 19.4 Å². The summed E-state index contributed by atoms with van der Waals surface area (Å²) < 4.78 is 4.99. The number of nitriles is 1. The Bertz CT molecular complexity index is 500. The molecule has 0 radical (unpaired) electrons. The highest BCUT2D eigenvalue weighted by molar-refractivity contribution is 5.82. The number of hydrogen-bond donors (Lipinski definition) is 1. The first kappa shape index (κ1) is 11.1. The molecule has 1 N–H and O–H groups in total. The Labute approximate surface area is 97.2 Å². The van der Waals surface area contributed by atoms with Crippen LogP contribution in [-0.2, 0) is 14.3 Å². The predicted molar refractivity (Wildman–Crippen MR) is 55.7 cm³/mol. The molecule has 1 aromatic rings. The van der Waals surface area contributed by atoms with E-state index < -0.39 is 24.0 Å². The fourth-order valence-electron chi connectivity index (χ4n) is 1.82. The lowest BCUT2D eigenvalue weighted by molar-refractivity contribution is -0.144. The van der Waals surface area contributed by atoms with Gasteiger partial charge in [-0.25, -0.2) is 0 Å². The van der Waals surface area contributed by atoms with E-state index in [9.17, 15) is 9.59 Å². The van der Waals surface area contributed by atoms with Gasteiger partial charge in [-0.2, -0.15) is 5.26 Å². The quantitative estimate of drug-likeness (QED) is 0.774. The van der Waals surface area contributed by atoms with E-state index in [0.29, 0.717) is 11.1 Å². The van der Waals surface area contributed by atoms with E-state index in [1.54, 1.807) is 24.3 Å². The molecule has 0 aromatic heterocycles. The van der Waals surface area contributed by atoms with Crippen molar-refractivity contribution >= 4 is 11.9 Å². The summed E-state index contributed by atoms with van der Waals surface area (Å²) in [6.07, 6.45) is -0.868. The van der Waals surface area contributed by atoms with Crippen LogP contribution < -0.4 is 0 Å². The minimum Gasteiger partial charge on any atom is -0.481 e. The van der Waals surface area contributed by atoms with E-state index in [1.807, 2.05) is 6.07 Å². The highest BCUT2D eigenvalue weighted by Crippen LogP contribution is 2.35. The summed E-state index contributed by atoms with van der Waals surface area (Å²) in [5.41, 5.74) is 1.08. The molecule has 0 saturated carbocycles. The number of aliphatic carboxylic acids is 1. The Kier molecular flexibility index (Phi) is 2.79. The van der Waals surface area contributed by atoms with Crippen molar-refractivity contribution in [2.75, 3.05) is 0 Å². The van der Waals surface area contributed by atoms with Crippen LogP contribution in [0.15, 0.2) is 24.3 Å². The zero-order valence-electron chi connectivity index (χ0n) is 8.79. The minimum atomic E-state index is -1.05. The zero-order valence-corrected chi connectivity index (χ0v) is 8.79. The number of rotatable bonds is 2. The summed E-state index contributed by atoms with van der Waals surface area (Å²) in [6.45, 7) is 0. The number of esters is 1. The van der Waals surface area contributed by atoms with Crippen LogP contribution in [0, 0.1) is 17.2 Å². The van der Waals surface area contributed by atoms with Gasteiger partial charge >= 0.3 is 11.9 Å². The van der Waals surface area contributed by atoms with E-state index in [2.05, 4.69) is 0 Å². The molecule has 1 aromatic carbocycles. The Morgan fingerprint density at radius 3 is 2.59 bits per heavy atom. The van der Waals surface area contributed by atoms with Crippen LogP contribution in [0.4, 0.5) is 0 Å². The number of carbonyl (C=O) groups excluding carboxylic acids is 1. The van der Waals surface area contributed by atoms with Crippen molar-refractivity contribution in [3.63, 3.8) is 0 Å². The minimum absolute atomic E-state index is 0.111. The third-order valence-corrected chi connectivity index (χ3v) is 2.70. The topological polar surface area (TPSA) is 87.4 Å². The number of carbonyl (C=O) groups is 2. The lowest BCUT2D eigenvalue weighted by Gasteiger charge is -2.14. The molecule has 1 aliphatic heterocycles. The van der Waals surface area contributed by atoms with E-state index in [4.69, 9.17) is 15.1 Å². The van der Waals surface area contributed by atoms with Crippen LogP contribution in [0.2, 0.25) is 0 Å². The number of ether oxygens (including phenoxy) is 1. The highest BCUT2D eigenvalue weighted by Gasteiger charge is 2.40. The van der Waals surface area contributed by atoms with Crippen LogP contribution in [0.5, 0.6) is 0 Å². The van der Waals surface area contributed by atoms with Gasteiger partial charge in [0, 0.05) is 0 Å². The van der Waals surface area contributed by atoms with Crippen molar-refractivity contribution in [2.45, 2.75) is 12.5 Å². The number of carboxylic acid groups (broad SMARTS) is 1. The van der Waals surface area contributed by atoms with Crippen molar-refractivity contribution in [1.82, 2.24) is 0 Å². The smallest absolute Gasteiger partial charge is 0.311 e. The molecule has 2 atom stereocenters. The van der Waals surface area contributed by atoms with Crippen LogP contribution in [0.1, 0.15) is 23.7 Å². The first-order valence-corrected chi connectivity index (χ1v) is 5.04. The van der Waals surface area contributed by atoms with Gasteiger partial charge in [-0.05, 0) is 17.7 Å². The van der Waals surface area contributed by atoms with E-state index in [-0.39, 0.29) is 6.42 Å². The van der Waals surface area contributed by atoms with Gasteiger partial charge in [0.25, 0.3) is 0 Å². The summed E-state index contributed by atoms with van der Waals surface area (Å²) in [5, 5.41) is 17.6. The molecule has 2 rings (SSSR count). The van der Waals surface area contributed by atoms with Crippen molar-refractivity contribution in [3.05, 3.63) is 35.4 Å². The fourth-order valence-corrected chi connectivity index (χ4v) is 1.82. The lowest BCUT2D eigenvalue weighted by atomic mass is 9.95. The van der Waals surface area contributed by atoms with Gasteiger partial charge in [-0.15, -0.1) is 0 Å². The normalized spacial score (nSPS) is 22.9. The maximum absolute atomic E-state index is 11.1. The molecular formula is C12H9NO4. The van der Waals surface area contributed by atoms with Crippen molar-refractivity contribution in [3.8, 4) is 6.07 Å². The van der Waals surface area contributed by atoms with Crippen LogP contribution in [-0.4, -0.2) is 17.0 Å². The molecule has 17 heavy (non-hydrogen) atoms. The highest BCUT2D eigenvalue weighted by atomic mass is 16.6. The number of cyclic esters (lactones) is 1. The van der Waals surface area contributed by atoms with Gasteiger partial charge in [0.05, 0.1) is 18.1 Å². The second kappa shape index (κ2) is 4.26. The zero-order chi connectivity index (χ0) is 12.4. The Balaban J connectivity index is 2.29. The molecule has 0 aliphatic carbocycles. The average molecular weight is 231 g/mol. The summed E-state index contributed by atoms with van der Waals surface area (Å²) in [5.74, 6) is -2.41. The van der Waals surface area contributed by atoms with E-state index in [0.717, 1.165) is 0 Å². The van der Waals surface area contributed by atoms with Gasteiger partial charge in [0.1, 0.15) is 12.0 Å². The van der Waals surface area contributed by atoms with Crippen LogP contribution in [0.3, 0.4) is 0 Å². The Morgan fingerprint density at radius 2 is 2.06 bits per heavy atom. The second-order valence-electron chi connectivity index (χ2n) is 3.79. The number of hydrogen-bond acceptors (Lipinski definition) is 4. The van der Waals surface area contributed by atoms with Gasteiger partial charge < -0.3 is 9.84 Å². The second-order valence-corrected chi connectivity index (χ2v) is 3.79. The third-order valence-electron chi connectivity index (χ3n) is 2.70. The van der Waals surface area contributed by atoms with Gasteiger partial charge in [0.2, 0.25) is 0 Å². The lowest BCUT2D eigenvalue weighted by Crippen LogP contribution is -2.17. The summed E-state index contributed by atoms with van der Waals surface area (Å²) >= 11 is 0. The average Bonchev–Trinajstić information content (AvgIpc) is 2.72. The molecule has 0 bridgehead atoms. The van der Waals surface area contributed by atoms with E-state index in [1.165, 1.54) is 0 Å². The molecule has 5 heteroatoms. The number of nitrogens with zero attached hydrogens (tertiary/aromatic N) is 1. The van der Waals surface area contributed by atoms with Gasteiger partial charge in [-0.1, -0.05) is 12.1 Å². The van der Waals surface area contributed by atoms with Gasteiger partial charge in [0.15, 0.2) is 0 Å². The molecule has 1 aliphatic rings. The standard InChI is InChI=1S/C12H9NO4/c13-6-7-1-3-8(4-2-7)11-9(12(15)16)5-10(14)17-11/h1-4,9,11H,5H2,(H,15,16). The molecular weight excluding hydrogens is 222 g/mol. The fraction of sp³-hybridized carbons (Fsp3) is 0.250. The number of benzene rings is 1. The summed E-state index contributed by atoms with van der Waals surface area (Å²) in [6, 6.07) is 8.32. The summed E-state index contributed by atoms with van der Waals surface area (Å²) in [7, 11) is 0. The Hall–Kier alpha value is -2.35. The molecule has 5 nitrogen and oxygen atoms in total. The molecule has 1 saturated heterocycles. The van der Waals surface area contributed by atoms with Crippen LogP contribution >= 0.6 is 0 Å². The summed E-state index contributed by atoms with van der Waals surface area (Å²) in [4.78, 5) is 22.1. The monoisotopic (exact) mass is 231 g/mol. The first-order valence-electron chi connectivity index (χ1n) is 5.04. The number of carboxylic acids is 1. The Morgan fingerprint density at radius 1 is 1.41 bits per heavy atom. The maximum atomic E-state index is 11.1. The molecule has 86 valence electrons. The first-order chi connectivity index (χ1) is 8.11. The molecule has 1 fully saturated rings. The SMILES string of the molecule is N#Cc1ccc(C2OC(=O)CC2C(=O)O)cc1. The predicted octanol–water partition coefficient (Wildman–Crippen LogP) is 1.25. The molecule has 0 spiro atoms. The van der Waals surface area contributed by atoms with Crippen LogP contribution in [0.25, 0.3) is 0 Å². The largest absolute Gasteiger partial charge is 0.481 e. The van der Waals surface area contributed by atoms with Crippen molar-refractivity contribution in [1.29, 1.82) is 5.26 Å². The van der Waals surface area contributed by atoms with Gasteiger partial charge in [-0.3, -0.25) is 9.59 Å². The molecule has 1 heterocycles. The maximum Gasteiger partial charge on any atom is 0.311 e.